The zero-order chi connectivity index (χ0) is 18.7. The number of likely N-dealkylation sites (tertiary alicyclic amines) is 2. The minimum atomic E-state index is -0.417. The molecule has 2 heterocycles. The number of hydrogen-bond donors (Lipinski definition) is 2. The normalized spacial score (nSPS) is 25.0. The molecule has 0 saturated carbocycles. The summed E-state index contributed by atoms with van der Waals surface area (Å²) in [6.45, 7) is 3.75. The van der Waals surface area contributed by atoms with Gasteiger partial charge >= 0.3 is 0 Å². The predicted octanol–water partition coefficient (Wildman–Crippen LogP) is 1.55. The third-order valence-corrected chi connectivity index (χ3v) is 5.92. The Morgan fingerprint density at radius 2 is 1.92 bits per heavy atom. The molecule has 2 saturated heterocycles. The van der Waals surface area contributed by atoms with Crippen molar-refractivity contribution in [2.75, 3.05) is 39.3 Å². The van der Waals surface area contributed by atoms with Gasteiger partial charge in [-0.3, -0.25) is 4.79 Å². The summed E-state index contributed by atoms with van der Waals surface area (Å²) in [5, 5.41) is 19.6. The second-order valence-corrected chi connectivity index (χ2v) is 7.85. The number of piperidine rings is 1. The minimum Gasteiger partial charge on any atom is -0.396 e. The van der Waals surface area contributed by atoms with Gasteiger partial charge in [0.05, 0.1) is 12.5 Å². The van der Waals surface area contributed by atoms with Gasteiger partial charge in [0.25, 0.3) is 0 Å². The van der Waals surface area contributed by atoms with Gasteiger partial charge in [-0.05, 0) is 36.5 Å². The number of aliphatic hydroxyl groups is 2. The SMILES string of the molecule is O=C(Cc1ccc(F)cc1Cl)N1C[C@@H](CN2CCC(O)CC2)[C@@H](CO)C1. The molecule has 0 bridgehead atoms. The Labute approximate surface area is 158 Å². The summed E-state index contributed by atoms with van der Waals surface area (Å²) in [6, 6.07) is 4.08. The van der Waals surface area contributed by atoms with E-state index in [1.54, 1.807) is 11.0 Å². The van der Waals surface area contributed by atoms with Gasteiger partial charge in [0.15, 0.2) is 0 Å². The van der Waals surface area contributed by atoms with Crippen LogP contribution in [0.25, 0.3) is 0 Å². The highest BCUT2D eigenvalue weighted by Gasteiger charge is 2.36. The van der Waals surface area contributed by atoms with Crippen molar-refractivity contribution in [2.45, 2.75) is 25.4 Å². The van der Waals surface area contributed by atoms with E-state index in [2.05, 4.69) is 4.90 Å². The van der Waals surface area contributed by atoms with Crippen molar-refractivity contribution in [1.29, 1.82) is 0 Å². The van der Waals surface area contributed by atoms with Crippen LogP contribution in [0.2, 0.25) is 5.02 Å². The summed E-state index contributed by atoms with van der Waals surface area (Å²) in [5.41, 5.74) is 0.618. The lowest BCUT2D eigenvalue weighted by Gasteiger charge is -2.32. The van der Waals surface area contributed by atoms with Gasteiger partial charge in [0.1, 0.15) is 5.82 Å². The van der Waals surface area contributed by atoms with Gasteiger partial charge in [0.2, 0.25) is 5.91 Å². The molecule has 26 heavy (non-hydrogen) atoms. The monoisotopic (exact) mass is 384 g/mol. The average Bonchev–Trinajstić information content (AvgIpc) is 3.02. The molecule has 1 aromatic carbocycles. The maximum Gasteiger partial charge on any atom is 0.227 e. The van der Waals surface area contributed by atoms with Crippen LogP contribution in [0.4, 0.5) is 4.39 Å². The molecule has 2 fully saturated rings. The first-order valence-corrected chi connectivity index (χ1v) is 9.57. The molecule has 1 aromatic rings. The topological polar surface area (TPSA) is 64.0 Å². The maximum absolute atomic E-state index is 13.2. The van der Waals surface area contributed by atoms with E-state index in [0.717, 1.165) is 32.5 Å². The van der Waals surface area contributed by atoms with Crippen LogP contribution in [0.15, 0.2) is 18.2 Å². The van der Waals surface area contributed by atoms with Crippen molar-refractivity contribution in [3.05, 3.63) is 34.6 Å². The molecule has 1 amide bonds. The van der Waals surface area contributed by atoms with Gasteiger partial charge in [0, 0.05) is 50.3 Å². The van der Waals surface area contributed by atoms with Crippen LogP contribution < -0.4 is 0 Å². The van der Waals surface area contributed by atoms with Crippen LogP contribution in [0, 0.1) is 17.7 Å². The molecule has 0 radical (unpaired) electrons. The summed E-state index contributed by atoms with van der Waals surface area (Å²) in [7, 11) is 0. The van der Waals surface area contributed by atoms with Crippen molar-refractivity contribution in [2.24, 2.45) is 11.8 Å². The number of benzene rings is 1. The first kappa shape index (κ1) is 19.5. The summed E-state index contributed by atoms with van der Waals surface area (Å²) in [5.74, 6) is -0.176. The van der Waals surface area contributed by atoms with Crippen molar-refractivity contribution in [3.8, 4) is 0 Å². The lowest BCUT2D eigenvalue weighted by atomic mass is 9.95. The number of hydrogen-bond acceptors (Lipinski definition) is 4. The van der Waals surface area contributed by atoms with Gasteiger partial charge in [-0.2, -0.15) is 0 Å². The number of nitrogens with zero attached hydrogens (tertiary/aromatic N) is 2. The largest absolute Gasteiger partial charge is 0.396 e. The average molecular weight is 385 g/mol. The number of amides is 1. The highest BCUT2D eigenvalue weighted by atomic mass is 35.5. The molecule has 0 aliphatic carbocycles. The third kappa shape index (κ3) is 4.74. The standard InChI is InChI=1S/C19H26ClFN2O3/c20-18-8-16(21)2-1-13(18)7-19(26)23-10-14(15(11-23)12-24)9-22-5-3-17(25)4-6-22/h1-2,8,14-15,17,24-25H,3-7,9-12H2/t14-,15-/m1/s1. The summed E-state index contributed by atoms with van der Waals surface area (Å²) in [4.78, 5) is 16.7. The molecule has 2 atom stereocenters. The minimum absolute atomic E-state index is 0.0477. The number of carbonyl (C=O) groups excluding carboxylic acids is 1. The Morgan fingerprint density at radius 1 is 1.23 bits per heavy atom. The van der Waals surface area contributed by atoms with Crippen molar-refractivity contribution in [3.63, 3.8) is 0 Å². The van der Waals surface area contributed by atoms with Crippen molar-refractivity contribution in [1.82, 2.24) is 9.80 Å². The van der Waals surface area contributed by atoms with Gasteiger partial charge < -0.3 is 20.0 Å². The lowest BCUT2D eigenvalue weighted by molar-refractivity contribution is -0.129. The van der Waals surface area contributed by atoms with E-state index in [1.807, 2.05) is 0 Å². The van der Waals surface area contributed by atoms with E-state index in [0.29, 0.717) is 18.7 Å². The smallest absolute Gasteiger partial charge is 0.227 e. The first-order valence-electron chi connectivity index (χ1n) is 9.19. The fraction of sp³-hybridized carbons (Fsp3) is 0.632. The fourth-order valence-electron chi connectivity index (χ4n) is 3.93. The molecule has 7 heteroatoms. The van der Waals surface area contributed by atoms with E-state index < -0.39 is 5.82 Å². The Balaban J connectivity index is 1.58. The second-order valence-electron chi connectivity index (χ2n) is 7.45. The van der Waals surface area contributed by atoms with Gasteiger partial charge in [-0.1, -0.05) is 17.7 Å². The summed E-state index contributed by atoms with van der Waals surface area (Å²) >= 11 is 6.03. The number of aliphatic hydroxyl groups excluding tert-OH is 2. The van der Waals surface area contributed by atoms with Crippen LogP contribution in [-0.2, 0) is 11.2 Å². The maximum atomic E-state index is 13.2. The van der Waals surface area contributed by atoms with Crippen LogP contribution in [0.5, 0.6) is 0 Å². The molecule has 144 valence electrons. The van der Waals surface area contributed by atoms with Gasteiger partial charge in [-0.15, -0.1) is 0 Å². The van der Waals surface area contributed by atoms with E-state index in [-0.39, 0.29) is 41.9 Å². The molecular weight excluding hydrogens is 359 g/mol. The predicted molar refractivity (Wildman–Crippen MR) is 97.4 cm³/mol. The van der Waals surface area contributed by atoms with Crippen LogP contribution >= 0.6 is 11.6 Å². The van der Waals surface area contributed by atoms with E-state index in [4.69, 9.17) is 11.6 Å². The third-order valence-electron chi connectivity index (χ3n) is 5.57. The molecule has 2 aliphatic heterocycles. The summed E-state index contributed by atoms with van der Waals surface area (Å²) in [6.07, 6.45) is 1.49. The molecule has 5 nitrogen and oxygen atoms in total. The van der Waals surface area contributed by atoms with Crippen LogP contribution in [0.1, 0.15) is 18.4 Å². The molecule has 0 aromatic heterocycles. The quantitative estimate of drug-likeness (QED) is 0.808. The van der Waals surface area contributed by atoms with Crippen molar-refractivity contribution >= 4 is 17.5 Å². The summed E-state index contributed by atoms with van der Waals surface area (Å²) < 4.78 is 13.2. The molecule has 2 aliphatic rings. The molecule has 2 N–H and O–H groups in total. The second kappa shape index (κ2) is 8.65. The molecule has 0 unspecified atom stereocenters. The number of rotatable bonds is 5. The fourth-order valence-corrected chi connectivity index (χ4v) is 4.16. The Hall–Kier alpha value is -1.21. The van der Waals surface area contributed by atoms with E-state index >= 15 is 0 Å². The number of carbonyl (C=O) groups is 1. The van der Waals surface area contributed by atoms with E-state index in [1.165, 1.54) is 12.1 Å². The Bertz CT molecular complexity index is 637. The van der Waals surface area contributed by atoms with Gasteiger partial charge in [-0.25, -0.2) is 4.39 Å². The van der Waals surface area contributed by atoms with E-state index in [9.17, 15) is 19.4 Å². The Morgan fingerprint density at radius 3 is 2.58 bits per heavy atom. The molecule has 0 spiro atoms. The molecular formula is C19H26ClFN2O3. The Kier molecular flexibility index (Phi) is 6.51. The molecule has 3 rings (SSSR count). The highest BCUT2D eigenvalue weighted by molar-refractivity contribution is 6.31. The zero-order valence-electron chi connectivity index (χ0n) is 14.8. The zero-order valence-corrected chi connectivity index (χ0v) is 15.5. The first-order chi connectivity index (χ1) is 12.5. The van der Waals surface area contributed by atoms with Crippen molar-refractivity contribution < 1.29 is 19.4 Å². The van der Waals surface area contributed by atoms with Crippen LogP contribution in [-0.4, -0.2) is 71.4 Å². The highest BCUT2D eigenvalue weighted by Crippen LogP contribution is 2.27. The lowest BCUT2D eigenvalue weighted by Crippen LogP contribution is -2.40. The number of halogens is 2. The van der Waals surface area contributed by atoms with Crippen LogP contribution in [0.3, 0.4) is 0 Å².